The molecule has 0 amide bonds. The number of carboxylic acids is 1. The number of nitrogens with zero attached hydrogens (tertiary/aromatic N) is 1. The summed E-state index contributed by atoms with van der Waals surface area (Å²) in [5.41, 5.74) is 0. The molecule has 1 N–H and O–H groups in total. The Kier molecular flexibility index (Phi) is 3.89. The second-order valence-corrected chi connectivity index (χ2v) is 2.48. The number of rotatable bonds is 1. The van der Waals surface area contributed by atoms with Crippen LogP contribution in [0.5, 0.6) is 0 Å². The Hall–Kier alpha value is -0.0900. The van der Waals surface area contributed by atoms with Gasteiger partial charge in [-0.05, 0) is 26.4 Å². The SMILES string of the molecule is Br.CN1CCCC1C(=O)O. The van der Waals surface area contributed by atoms with E-state index in [2.05, 4.69) is 0 Å². The van der Waals surface area contributed by atoms with Crippen molar-refractivity contribution in [1.29, 1.82) is 0 Å². The first-order valence-electron chi connectivity index (χ1n) is 3.15. The summed E-state index contributed by atoms with van der Waals surface area (Å²) in [6.45, 7) is 0.928. The predicted octanol–water partition coefficient (Wildman–Crippen LogP) is 0.743. The summed E-state index contributed by atoms with van der Waals surface area (Å²) in [6, 6.07) is -0.218. The van der Waals surface area contributed by atoms with Crippen LogP contribution < -0.4 is 0 Å². The molecule has 1 heterocycles. The molecule has 0 aromatic heterocycles. The molecule has 1 rings (SSSR count). The lowest BCUT2D eigenvalue weighted by molar-refractivity contribution is -0.141. The second kappa shape index (κ2) is 3.93. The zero-order chi connectivity index (χ0) is 6.85. The van der Waals surface area contributed by atoms with Crippen molar-refractivity contribution < 1.29 is 9.90 Å². The van der Waals surface area contributed by atoms with Gasteiger partial charge >= 0.3 is 5.97 Å². The first-order chi connectivity index (χ1) is 4.22. The van der Waals surface area contributed by atoms with Crippen molar-refractivity contribution in [2.45, 2.75) is 18.9 Å². The molecule has 1 aliphatic rings. The highest BCUT2D eigenvalue weighted by atomic mass is 79.9. The maximum absolute atomic E-state index is 10.4. The largest absolute Gasteiger partial charge is 0.480 e. The average Bonchev–Trinajstić information content (AvgIpc) is 2.13. The Morgan fingerprint density at radius 1 is 1.70 bits per heavy atom. The van der Waals surface area contributed by atoms with Gasteiger partial charge in [-0.2, -0.15) is 0 Å². The fourth-order valence-corrected chi connectivity index (χ4v) is 1.22. The number of likely N-dealkylation sites (N-methyl/N-ethyl adjacent to an activating group) is 1. The van der Waals surface area contributed by atoms with E-state index in [9.17, 15) is 4.79 Å². The summed E-state index contributed by atoms with van der Waals surface area (Å²) in [5.74, 6) is -0.685. The topological polar surface area (TPSA) is 40.5 Å². The number of halogens is 1. The number of aliphatic carboxylic acids is 1. The third-order valence-electron chi connectivity index (χ3n) is 1.81. The molecule has 10 heavy (non-hydrogen) atoms. The molecular weight excluding hydrogens is 198 g/mol. The highest BCUT2D eigenvalue weighted by Crippen LogP contribution is 2.13. The van der Waals surface area contributed by atoms with Crippen LogP contribution in [0.4, 0.5) is 0 Å². The molecule has 60 valence electrons. The summed E-state index contributed by atoms with van der Waals surface area (Å²) in [7, 11) is 1.85. The lowest BCUT2D eigenvalue weighted by atomic mass is 10.2. The summed E-state index contributed by atoms with van der Waals surface area (Å²) in [4.78, 5) is 12.2. The van der Waals surface area contributed by atoms with Crippen LogP contribution in [0.1, 0.15) is 12.8 Å². The third-order valence-corrected chi connectivity index (χ3v) is 1.81. The Bertz CT molecular complexity index is 129. The number of carboxylic acid groups (broad SMARTS) is 1. The van der Waals surface area contributed by atoms with E-state index in [1.807, 2.05) is 11.9 Å². The van der Waals surface area contributed by atoms with E-state index < -0.39 is 5.97 Å². The zero-order valence-corrected chi connectivity index (χ0v) is 7.62. The summed E-state index contributed by atoms with van der Waals surface area (Å²) < 4.78 is 0. The summed E-state index contributed by atoms with van der Waals surface area (Å²) in [5, 5.41) is 8.54. The fraction of sp³-hybridized carbons (Fsp3) is 0.833. The molecule has 3 nitrogen and oxygen atoms in total. The summed E-state index contributed by atoms with van der Waals surface area (Å²) in [6.07, 6.45) is 1.83. The molecule has 1 unspecified atom stereocenters. The van der Waals surface area contributed by atoms with Crippen LogP contribution in [-0.2, 0) is 4.79 Å². The number of carbonyl (C=O) groups is 1. The molecule has 1 atom stereocenters. The van der Waals surface area contributed by atoms with Crippen LogP contribution in [0.15, 0.2) is 0 Å². The first-order valence-corrected chi connectivity index (χ1v) is 3.15. The van der Waals surface area contributed by atoms with E-state index in [1.54, 1.807) is 0 Å². The smallest absolute Gasteiger partial charge is 0.320 e. The minimum Gasteiger partial charge on any atom is -0.480 e. The van der Waals surface area contributed by atoms with Crippen molar-refractivity contribution >= 4 is 23.0 Å². The average molecular weight is 210 g/mol. The van der Waals surface area contributed by atoms with E-state index in [0.717, 1.165) is 19.4 Å². The van der Waals surface area contributed by atoms with E-state index >= 15 is 0 Å². The van der Waals surface area contributed by atoms with Gasteiger partial charge < -0.3 is 5.11 Å². The highest BCUT2D eigenvalue weighted by molar-refractivity contribution is 8.93. The lowest BCUT2D eigenvalue weighted by Crippen LogP contribution is -2.32. The predicted molar refractivity (Wildman–Crippen MR) is 43.6 cm³/mol. The Morgan fingerprint density at radius 2 is 2.30 bits per heavy atom. The van der Waals surface area contributed by atoms with Crippen LogP contribution in [0, 0.1) is 0 Å². The molecule has 1 fully saturated rings. The van der Waals surface area contributed by atoms with Crippen molar-refractivity contribution in [3.8, 4) is 0 Å². The molecule has 0 aromatic carbocycles. The Labute approximate surface area is 70.8 Å². The van der Waals surface area contributed by atoms with Gasteiger partial charge in [-0.1, -0.05) is 0 Å². The van der Waals surface area contributed by atoms with Gasteiger partial charge in [-0.15, -0.1) is 17.0 Å². The van der Waals surface area contributed by atoms with Gasteiger partial charge in [0.25, 0.3) is 0 Å². The fourth-order valence-electron chi connectivity index (χ4n) is 1.22. The molecule has 0 aliphatic carbocycles. The van der Waals surface area contributed by atoms with Gasteiger partial charge in [-0.3, -0.25) is 9.69 Å². The number of hydrogen-bond acceptors (Lipinski definition) is 2. The van der Waals surface area contributed by atoms with E-state index in [4.69, 9.17) is 5.11 Å². The quantitative estimate of drug-likeness (QED) is 0.693. The molecule has 0 saturated carbocycles. The van der Waals surface area contributed by atoms with Crippen molar-refractivity contribution in [2.24, 2.45) is 0 Å². The van der Waals surface area contributed by atoms with Crippen LogP contribution in [-0.4, -0.2) is 35.6 Å². The molecule has 1 aliphatic heterocycles. The third kappa shape index (κ3) is 1.95. The Balaban J connectivity index is 0.000000810. The molecular formula is C6H12BrNO2. The van der Waals surface area contributed by atoms with Gasteiger partial charge in [0.05, 0.1) is 0 Å². The van der Waals surface area contributed by atoms with Gasteiger partial charge in [0.1, 0.15) is 6.04 Å². The van der Waals surface area contributed by atoms with E-state index in [1.165, 1.54) is 0 Å². The van der Waals surface area contributed by atoms with Gasteiger partial charge in [0, 0.05) is 0 Å². The zero-order valence-electron chi connectivity index (χ0n) is 5.91. The Morgan fingerprint density at radius 3 is 2.50 bits per heavy atom. The number of likely N-dealkylation sites (tertiary alicyclic amines) is 1. The van der Waals surface area contributed by atoms with Crippen molar-refractivity contribution in [2.75, 3.05) is 13.6 Å². The minimum absolute atomic E-state index is 0. The van der Waals surface area contributed by atoms with Crippen molar-refractivity contribution in [3.63, 3.8) is 0 Å². The standard InChI is InChI=1S/C6H11NO2.BrH/c1-7-4-2-3-5(7)6(8)9;/h5H,2-4H2,1H3,(H,8,9);1H. The normalized spacial score (nSPS) is 25.9. The highest BCUT2D eigenvalue weighted by Gasteiger charge is 2.26. The minimum atomic E-state index is -0.685. The van der Waals surface area contributed by atoms with E-state index in [0.29, 0.717) is 0 Å². The molecule has 4 heteroatoms. The lowest BCUT2D eigenvalue weighted by Gasteiger charge is -2.13. The van der Waals surface area contributed by atoms with Crippen LogP contribution in [0.25, 0.3) is 0 Å². The van der Waals surface area contributed by atoms with Gasteiger partial charge in [-0.25, -0.2) is 0 Å². The summed E-state index contributed by atoms with van der Waals surface area (Å²) >= 11 is 0. The van der Waals surface area contributed by atoms with Crippen molar-refractivity contribution in [3.05, 3.63) is 0 Å². The van der Waals surface area contributed by atoms with Gasteiger partial charge in [0.15, 0.2) is 0 Å². The van der Waals surface area contributed by atoms with Crippen LogP contribution in [0.3, 0.4) is 0 Å². The molecule has 0 spiro atoms. The number of hydrogen-bond donors (Lipinski definition) is 1. The second-order valence-electron chi connectivity index (χ2n) is 2.48. The maximum atomic E-state index is 10.4. The van der Waals surface area contributed by atoms with Crippen LogP contribution >= 0.6 is 17.0 Å². The molecule has 0 bridgehead atoms. The van der Waals surface area contributed by atoms with Crippen LogP contribution in [0.2, 0.25) is 0 Å². The monoisotopic (exact) mass is 209 g/mol. The van der Waals surface area contributed by atoms with E-state index in [-0.39, 0.29) is 23.0 Å². The molecule has 1 saturated heterocycles. The molecule has 0 aromatic rings. The molecule has 0 radical (unpaired) electrons. The van der Waals surface area contributed by atoms with Crippen molar-refractivity contribution in [1.82, 2.24) is 4.90 Å². The maximum Gasteiger partial charge on any atom is 0.320 e. The first kappa shape index (κ1) is 9.91. The van der Waals surface area contributed by atoms with Gasteiger partial charge in [0.2, 0.25) is 0 Å².